The minimum absolute atomic E-state index is 0.0140. The third-order valence-corrected chi connectivity index (χ3v) is 11.5. The largest absolute Gasteiger partial charge is 0.497 e. The Hall–Kier alpha value is -3.38. The number of aliphatic carboxylic acids is 1. The minimum atomic E-state index is -4.52. The molecule has 2 aromatic rings. The van der Waals surface area contributed by atoms with Crippen molar-refractivity contribution in [2.24, 2.45) is 5.92 Å². The number of piperidine rings is 2. The summed E-state index contributed by atoms with van der Waals surface area (Å²) in [5.74, 6) is -2.04. The highest BCUT2D eigenvalue weighted by Gasteiger charge is 2.56. The van der Waals surface area contributed by atoms with Gasteiger partial charge in [-0.3, -0.25) is 14.5 Å². The van der Waals surface area contributed by atoms with Crippen molar-refractivity contribution >= 4 is 17.6 Å². The summed E-state index contributed by atoms with van der Waals surface area (Å²) in [5, 5.41) is 9.43. The first-order valence-electron chi connectivity index (χ1n) is 17.5. The molecule has 2 aromatic carbocycles. The fraction of sp³-hybridized carbons (Fsp3) is 0.622. The molecule has 1 saturated carbocycles. The summed E-state index contributed by atoms with van der Waals surface area (Å²) < 4.78 is 69.7. The van der Waals surface area contributed by atoms with Crippen LogP contribution in [0.25, 0.3) is 0 Å². The molecule has 8 nitrogen and oxygen atoms in total. The number of carbonyl (C=O) groups is 2. The molecule has 4 fully saturated rings. The molecule has 1 amide bonds. The third-order valence-electron chi connectivity index (χ3n) is 11.5. The van der Waals surface area contributed by atoms with E-state index in [2.05, 4.69) is 4.90 Å². The van der Waals surface area contributed by atoms with Gasteiger partial charge in [0.05, 0.1) is 24.7 Å². The van der Waals surface area contributed by atoms with Crippen LogP contribution >= 0.6 is 0 Å². The fourth-order valence-electron chi connectivity index (χ4n) is 8.56. The van der Waals surface area contributed by atoms with Crippen LogP contribution in [0.15, 0.2) is 42.5 Å². The number of methoxy groups -OCH3 is 2. The molecule has 3 aliphatic heterocycles. The number of carboxylic acids is 1. The number of alkyl halides is 4. The maximum atomic E-state index is 17.5. The van der Waals surface area contributed by atoms with Crippen LogP contribution in [-0.4, -0.2) is 98.1 Å². The highest BCUT2D eigenvalue weighted by Crippen LogP contribution is 2.45. The fourth-order valence-corrected chi connectivity index (χ4v) is 8.56. The number of amides is 1. The van der Waals surface area contributed by atoms with Gasteiger partial charge in [-0.25, -0.2) is 4.39 Å². The van der Waals surface area contributed by atoms with Crippen molar-refractivity contribution < 1.29 is 41.7 Å². The lowest BCUT2D eigenvalue weighted by Crippen LogP contribution is -2.53. The van der Waals surface area contributed by atoms with Gasteiger partial charge in [0.2, 0.25) is 5.67 Å². The molecule has 0 radical (unpaired) electrons. The predicted molar refractivity (Wildman–Crippen MR) is 177 cm³/mol. The van der Waals surface area contributed by atoms with Crippen LogP contribution < -0.4 is 9.64 Å². The monoisotopic (exact) mass is 689 g/mol. The second kappa shape index (κ2) is 14.5. The maximum Gasteiger partial charge on any atom is 0.416 e. The summed E-state index contributed by atoms with van der Waals surface area (Å²) in [4.78, 5) is 31.4. The van der Waals surface area contributed by atoms with E-state index in [1.165, 1.54) is 12.1 Å². The van der Waals surface area contributed by atoms with Gasteiger partial charge >= 0.3 is 12.1 Å². The van der Waals surface area contributed by atoms with E-state index in [9.17, 15) is 27.9 Å². The van der Waals surface area contributed by atoms with Crippen molar-refractivity contribution in [2.75, 3.05) is 58.4 Å². The Balaban J connectivity index is 1.19. The van der Waals surface area contributed by atoms with E-state index in [0.29, 0.717) is 69.8 Å². The van der Waals surface area contributed by atoms with Gasteiger partial charge in [-0.2, -0.15) is 13.2 Å². The van der Waals surface area contributed by atoms with Gasteiger partial charge in [-0.15, -0.1) is 0 Å². The number of carbonyl (C=O) groups excluding carboxylic acids is 1. The average molecular weight is 690 g/mol. The van der Waals surface area contributed by atoms with Gasteiger partial charge in [-0.1, -0.05) is 18.2 Å². The van der Waals surface area contributed by atoms with Crippen molar-refractivity contribution in [3.63, 3.8) is 0 Å². The summed E-state index contributed by atoms with van der Waals surface area (Å²) in [6, 6.07) is 11.3. The van der Waals surface area contributed by atoms with E-state index in [1.54, 1.807) is 31.3 Å². The van der Waals surface area contributed by atoms with Gasteiger partial charge < -0.3 is 24.4 Å². The molecule has 6 rings (SSSR count). The minimum Gasteiger partial charge on any atom is -0.497 e. The smallest absolute Gasteiger partial charge is 0.416 e. The van der Waals surface area contributed by atoms with Crippen LogP contribution in [-0.2, 0) is 20.5 Å². The van der Waals surface area contributed by atoms with Crippen LogP contribution in [0.4, 0.5) is 23.2 Å². The Bertz CT molecular complexity index is 1470. The van der Waals surface area contributed by atoms with Gasteiger partial charge in [0.25, 0.3) is 5.91 Å². The Labute approximate surface area is 285 Å². The lowest BCUT2D eigenvalue weighted by atomic mass is 9.83. The van der Waals surface area contributed by atoms with E-state index in [1.807, 2.05) is 17.0 Å². The van der Waals surface area contributed by atoms with Crippen LogP contribution in [0.2, 0.25) is 0 Å². The Morgan fingerprint density at radius 3 is 2.10 bits per heavy atom. The quantitative estimate of drug-likeness (QED) is 0.318. The van der Waals surface area contributed by atoms with Crippen molar-refractivity contribution in [2.45, 2.75) is 87.2 Å². The summed E-state index contributed by atoms with van der Waals surface area (Å²) in [6.07, 6.45) is 0.942. The van der Waals surface area contributed by atoms with E-state index in [0.717, 1.165) is 42.9 Å². The summed E-state index contributed by atoms with van der Waals surface area (Å²) in [5.41, 5.74) is -0.892. The highest BCUT2D eigenvalue weighted by molar-refractivity contribution is 5.87. The normalized spacial score (nSPS) is 27.8. The molecule has 0 unspecified atom stereocenters. The highest BCUT2D eigenvalue weighted by atomic mass is 19.4. The van der Waals surface area contributed by atoms with Crippen molar-refractivity contribution in [3.8, 4) is 5.75 Å². The number of benzene rings is 2. The molecule has 0 aromatic heterocycles. The van der Waals surface area contributed by atoms with Crippen LogP contribution in [0, 0.1) is 5.92 Å². The van der Waals surface area contributed by atoms with Gasteiger partial charge in [0, 0.05) is 64.0 Å². The first kappa shape index (κ1) is 35.4. The molecule has 0 bridgehead atoms. The van der Waals surface area contributed by atoms with E-state index in [4.69, 9.17) is 9.47 Å². The molecule has 49 heavy (non-hydrogen) atoms. The standard InChI is InChI=1S/C37H47F4N3O5/c1-48-29-8-3-25(4-9-29)32-22-44(28-6-10-30(49-2)11-7-28)23-36(32,38)35(47)43-19-13-24(14-20-43)31-12-5-27(37(39,40)41)21-33(31)42-17-15-26(16-18-42)34(45)46/h3-5,8-9,12,21,24,26,28,30,32H,6-7,10-11,13-20,22-23H2,1-2H3,(H,45,46)/t28-,30+,32-,36-/m0/s1. The molecule has 3 saturated heterocycles. The molecule has 3 heterocycles. The average Bonchev–Trinajstić information content (AvgIpc) is 3.49. The molecular weight excluding hydrogens is 642 g/mol. The second-order valence-corrected chi connectivity index (χ2v) is 14.2. The first-order valence-corrected chi connectivity index (χ1v) is 17.5. The van der Waals surface area contributed by atoms with E-state index < -0.39 is 41.1 Å². The number of hydrogen-bond acceptors (Lipinski definition) is 6. The number of rotatable bonds is 8. The van der Waals surface area contributed by atoms with Gasteiger partial charge in [-0.05, 0) is 92.7 Å². The lowest BCUT2D eigenvalue weighted by Gasteiger charge is -2.39. The van der Waals surface area contributed by atoms with Crippen molar-refractivity contribution in [1.82, 2.24) is 9.80 Å². The van der Waals surface area contributed by atoms with Crippen molar-refractivity contribution in [1.29, 1.82) is 0 Å². The first-order chi connectivity index (χ1) is 23.4. The summed E-state index contributed by atoms with van der Waals surface area (Å²) in [7, 11) is 3.29. The zero-order valence-corrected chi connectivity index (χ0v) is 28.3. The maximum absolute atomic E-state index is 17.5. The molecule has 0 spiro atoms. The number of carboxylic acid groups (broad SMARTS) is 1. The SMILES string of the molecule is COc1ccc([C@@H]2CN([C@H]3CC[C@@H](OC)CC3)C[C@@]2(F)C(=O)N2CCC(c3ccc(C(F)(F)F)cc3N3CCC(C(=O)O)CC3)CC2)cc1. The van der Waals surface area contributed by atoms with E-state index in [-0.39, 0.29) is 24.6 Å². The molecule has 2 atom stereocenters. The molecule has 268 valence electrons. The van der Waals surface area contributed by atoms with Crippen molar-refractivity contribution in [3.05, 3.63) is 59.2 Å². The zero-order valence-electron chi connectivity index (χ0n) is 28.3. The van der Waals surface area contributed by atoms with Gasteiger partial charge in [0.15, 0.2) is 0 Å². The van der Waals surface area contributed by atoms with Crippen LogP contribution in [0.1, 0.15) is 79.9 Å². The number of anilines is 1. The Morgan fingerprint density at radius 1 is 0.878 bits per heavy atom. The predicted octanol–water partition coefficient (Wildman–Crippen LogP) is 6.49. The number of nitrogens with zero attached hydrogens (tertiary/aromatic N) is 3. The molecule has 1 aliphatic carbocycles. The van der Waals surface area contributed by atoms with Crippen LogP contribution in [0.3, 0.4) is 0 Å². The molecule has 1 N–H and O–H groups in total. The van der Waals surface area contributed by atoms with Gasteiger partial charge in [0.1, 0.15) is 5.75 Å². The third kappa shape index (κ3) is 7.41. The molecule has 12 heteroatoms. The number of halogens is 4. The number of ether oxygens (including phenoxy) is 2. The number of likely N-dealkylation sites (tertiary alicyclic amines) is 2. The molecule has 4 aliphatic rings. The Morgan fingerprint density at radius 2 is 1.53 bits per heavy atom. The lowest BCUT2D eigenvalue weighted by molar-refractivity contribution is -0.145. The second-order valence-electron chi connectivity index (χ2n) is 14.2. The zero-order chi connectivity index (χ0) is 34.9. The summed E-state index contributed by atoms with van der Waals surface area (Å²) >= 11 is 0. The number of hydrogen-bond donors (Lipinski definition) is 1. The van der Waals surface area contributed by atoms with Crippen LogP contribution in [0.5, 0.6) is 5.75 Å². The van der Waals surface area contributed by atoms with E-state index >= 15 is 4.39 Å². The summed E-state index contributed by atoms with van der Waals surface area (Å²) in [6.45, 7) is 1.74. The molecular formula is C37H47F4N3O5. The topological polar surface area (TPSA) is 82.6 Å². The Kier molecular flexibility index (Phi) is 10.5.